The summed E-state index contributed by atoms with van der Waals surface area (Å²) in [6.45, 7) is 1.55. The van der Waals surface area contributed by atoms with E-state index in [1.54, 1.807) is 6.92 Å². The van der Waals surface area contributed by atoms with E-state index in [1.165, 1.54) is 18.2 Å². The normalized spacial score (nSPS) is 15.1. The maximum absolute atomic E-state index is 12.8. The van der Waals surface area contributed by atoms with Crippen LogP contribution in [0, 0.1) is 5.82 Å². The second-order valence-corrected chi connectivity index (χ2v) is 3.21. The minimum atomic E-state index is -0.500. The van der Waals surface area contributed by atoms with Gasteiger partial charge in [-0.05, 0) is 31.2 Å². The van der Waals surface area contributed by atoms with Crippen molar-refractivity contribution in [3.05, 3.63) is 46.8 Å². The average Bonchev–Trinajstić information content (AvgIpc) is 2.14. The van der Waals surface area contributed by atoms with E-state index in [0.717, 1.165) is 6.07 Å². The molecule has 0 N–H and O–H groups in total. The predicted octanol–water partition coefficient (Wildman–Crippen LogP) is 2.15. The van der Waals surface area contributed by atoms with Crippen molar-refractivity contribution in [2.45, 2.75) is 6.92 Å². The summed E-state index contributed by atoms with van der Waals surface area (Å²) in [7, 11) is 0. The number of hydrogen-bond donors (Lipinski definition) is 0. The Hall–Kier alpha value is -1.77. The predicted molar refractivity (Wildman–Crippen MR) is 48.8 cm³/mol. The molecule has 0 radical (unpaired) electrons. The molecular weight excluding hydrogens is 183 g/mol. The molecule has 0 unspecified atom stereocenters. The number of rotatable bonds is 0. The highest BCUT2D eigenvalue weighted by Crippen LogP contribution is 2.21. The summed E-state index contributed by atoms with van der Waals surface area (Å²) in [4.78, 5) is 22.9. The first-order valence-electron chi connectivity index (χ1n) is 4.16. The summed E-state index contributed by atoms with van der Waals surface area (Å²) in [5.41, 5.74) is 0.796. The number of fused-ring (bicyclic) bond motifs is 1. The summed E-state index contributed by atoms with van der Waals surface area (Å²) in [6, 6.07) is 3.62. The molecule has 3 heteroatoms. The van der Waals surface area contributed by atoms with E-state index in [2.05, 4.69) is 0 Å². The van der Waals surface area contributed by atoms with Crippen molar-refractivity contribution in [1.82, 2.24) is 0 Å². The summed E-state index contributed by atoms with van der Waals surface area (Å²) in [5.74, 6) is -1.02. The van der Waals surface area contributed by atoms with E-state index >= 15 is 0 Å². The Labute approximate surface area is 80.0 Å². The maximum atomic E-state index is 12.8. The van der Waals surface area contributed by atoms with Gasteiger partial charge in [-0.15, -0.1) is 0 Å². The van der Waals surface area contributed by atoms with Gasteiger partial charge in [0.25, 0.3) is 0 Å². The van der Waals surface area contributed by atoms with Crippen LogP contribution in [0.1, 0.15) is 27.6 Å². The van der Waals surface area contributed by atoms with Gasteiger partial charge in [-0.2, -0.15) is 0 Å². The zero-order valence-electron chi connectivity index (χ0n) is 7.50. The van der Waals surface area contributed by atoms with Gasteiger partial charge in [0, 0.05) is 16.7 Å². The molecule has 0 saturated carbocycles. The smallest absolute Gasteiger partial charge is 0.189 e. The highest BCUT2D eigenvalue weighted by atomic mass is 19.1. The van der Waals surface area contributed by atoms with Crippen LogP contribution in [0.3, 0.4) is 0 Å². The number of halogens is 1. The lowest BCUT2D eigenvalue weighted by Gasteiger charge is -2.11. The van der Waals surface area contributed by atoms with E-state index in [0.29, 0.717) is 5.57 Å². The van der Waals surface area contributed by atoms with Crippen molar-refractivity contribution in [3.8, 4) is 0 Å². The highest BCUT2D eigenvalue weighted by Gasteiger charge is 2.23. The summed E-state index contributed by atoms with van der Waals surface area (Å²) in [5, 5.41) is 0. The molecule has 0 spiro atoms. The number of Topliss-reactive ketones (excluding diaryl/α,β-unsaturated/α-hetero) is 1. The lowest BCUT2D eigenvalue weighted by molar-refractivity contribution is 0.0984. The van der Waals surface area contributed by atoms with Gasteiger partial charge in [0.1, 0.15) is 5.82 Å². The highest BCUT2D eigenvalue weighted by molar-refractivity contribution is 6.24. The number of carbonyl (C=O) groups excluding carboxylic acids is 2. The van der Waals surface area contributed by atoms with Crippen LogP contribution in [-0.4, -0.2) is 11.6 Å². The minimum Gasteiger partial charge on any atom is -0.289 e. The molecule has 1 aliphatic carbocycles. The zero-order chi connectivity index (χ0) is 10.3. The topological polar surface area (TPSA) is 34.1 Å². The van der Waals surface area contributed by atoms with Crippen LogP contribution in [0.2, 0.25) is 0 Å². The van der Waals surface area contributed by atoms with Gasteiger partial charge in [0.05, 0.1) is 0 Å². The van der Waals surface area contributed by atoms with Gasteiger partial charge in [0.15, 0.2) is 11.6 Å². The molecule has 0 amide bonds. The summed E-state index contributed by atoms with van der Waals surface area (Å²) in [6.07, 6.45) is 1.28. The van der Waals surface area contributed by atoms with E-state index in [-0.39, 0.29) is 22.7 Å². The third-order valence-electron chi connectivity index (χ3n) is 2.20. The molecule has 70 valence electrons. The van der Waals surface area contributed by atoms with Crippen LogP contribution < -0.4 is 0 Å². The van der Waals surface area contributed by atoms with Crippen LogP contribution in [0.25, 0.3) is 0 Å². The Morgan fingerprint density at radius 2 is 1.86 bits per heavy atom. The van der Waals surface area contributed by atoms with Crippen LogP contribution in [0.15, 0.2) is 29.8 Å². The van der Waals surface area contributed by atoms with Crippen LogP contribution >= 0.6 is 0 Å². The Bertz CT molecular complexity index is 472. The molecule has 1 aliphatic rings. The molecule has 1 aromatic rings. The van der Waals surface area contributed by atoms with Gasteiger partial charge in [0.2, 0.25) is 0 Å². The number of benzene rings is 1. The first-order valence-corrected chi connectivity index (χ1v) is 4.16. The van der Waals surface area contributed by atoms with Crippen molar-refractivity contribution in [3.63, 3.8) is 0 Å². The number of carbonyl (C=O) groups is 2. The molecule has 2 nitrogen and oxygen atoms in total. The largest absolute Gasteiger partial charge is 0.289 e. The molecule has 0 heterocycles. The third kappa shape index (κ3) is 1.18. The number of hydrogen-bond acceptors (Lipinski definition) is 2. The number of allylic oxidation sites excluding steroid dienone is 2. The summed E-state index contributed by atoms with van der Waals surface area (Å²) < 4.78 is 12.8. The fraction of sp³-hybridized carbons (Fsp3) is 0.0909. The summed E-state index contributed by atoms with van der Waals surface area (Å²) >= 11 is 0. The Morgan fingerprint density at radius 1 is 1.14 bits per heavy atom. The zero-order valence-corrected chi connectivity index (χ0v) is 7.50. The molecule has 0 bridgehead atoms. The molecule has 1 aromatic carbocycles. The lowest BCUT2D eigenvalue weighted by atomic mass is 9.90. The Morgan fingerprint density at radius 3 is 2.57 bits per heavy atom. The number of ketones is 2. The van der Waals surface area contributed by atoms with Crippen LogP contribution in [0.4, 0.5) is 4.39 Å². The Kier molecular flexibility index (Phi) is 1.81. The molecule has 0 fully saturated rings. The van der Waals surface area contributed by atoms with Crippen molar-refractivity contribution >= 4 is 11.6 Å². The van der Waals surface area contributed by atoms with Gasteiger partial charge >= 0.3 is 0 Å². The molecule has 0 atom stereocenters. The minimum absolute atomic E-state index is 0.162. The lowest BCUT2D eigenvalue weighted by Crippen LogP contribution is -2.15. The van der Waals surface area contributed by atoms with E-state index in [4.69, 9.17) is 0 Å². The van der Waals surface area contributed by atoms with Crippen LogP contribution in [-0.2, 0) is 0 Å². The quantitative estimate of drug-likeness (QED) is 0.628. The van der Waals surface area contributed by atoms with Crippen molar-refractivity contribution in [2.24, 2.45) is 0 Å². The van der Waals surface area contributed by atoms with E-state index < -0.39 is 5.82 Å². The fourth-order valence-corrected chi connectivity index (χ4v) is 1.47. The van der Waals surface area contributed by atoms with Gasteiger partial charge in [-0.1, -0.05) is 0 Å². The first-order chi connectivity index (χ1) is 6.59. The van der Waals surface area contributed by atoms with Crippen molar-refractivity contribution in [2.75, 3.05) is 0 Å². The molecule has 0 saturated heterocycles. The SMILES string of the molecule is CC1=CC(=O)c2ccc(F)cc2C1=O. The molecule has 2 rings (SSSR count). The van der Waals surface area contributed by atoms with Gasteiger partial charge < -0.3 is 0 Å². The van der Waals surface area contributed by atoms with Gasteiger partial charge in [-0.3, -0.25) is 9.59 Å². The maximum Gasteiger partial charge on any atom is 0.189 e. The first kappa shape index (κ1) is 8.81. The van der Waals surface area contributed by atoms with Crippen molar-refractivity contribution in [1.29, 1.82) is 0 Å². The van der Waals surface area contributed by atoms with E-state index in [1.807, 2.05) is 0 Å². The Balaban J connectivity index is 2.69. The van der Waals surface area contributed by atoms with Crippen molar-refractivity contribution < 1.29 is 14.0 Å². The second kappa shape index (κ2) is 2.87. The second-order valence-electron chi connectivity index (χ2n) is 3.21. The molecule has 0 aliphatic heterocycles. The van der Waals surface area contributed by atoms with E-state index in [9.17, 15) is 14.0 Å². The fourth-order valence-electron chi connectivity index (χ4n) is 1.47. The molecule has 0 aromatic heterocycles. The molecule has 14 heavy (non-hydrogen) atoms. The monoisotopic (exact) mass is 190 g/mol. The third-order valence-corrected chi connectivity index (χ3v) is 2.20. The van der Waals surface area contributed by atoms with Gasteiger partial charge in [-0.25, -0.2) is 4.39 Å². The molecular formula is C11H7FO2. The standard InChI is InChI=1S/C11H7FO2/c1-6-4-10(13)8-3-2-7(12)5-9(8)11(6)14/h2-5H,1H3. The average molecular weight is 190 g/mol. The van der Waals surface area contributed by atoms with Crippen LogP contribution in [0.5, 0.6) is 0 Å².